The Labute approximate surface area is 150 Å². The average Bonchev–Trinajstić information content (AvgIpc) is 3.35. The molecule has 6 N–H and O–H groups in total. The Morgan fingerprint density at radius 2 is 2.08 bits per heavy atom. The number of nitrogens with zero attached hydrogens (tertiary/aromatic N) is 3. The number of hydrogen-bond acceptors (Lipinski definition) is 8. The molecular weight excluding hydrogens is 334 g/mol. The van der Waals surface area contributed by atoms with Crippen LogP contribution in [0.3, 0.4) is 0 Å². The summed E-state index contributed by atoms with van der Waals surface area (Å²) < 4.78 is 7.02. The monoisotopic (exact) mass is 357 g/mol. The van der Waals surface area contributed by atoms with Gasteiger partial charge in [-0.1, -0.05) is 0 Å². The Balaban J connectivity index is 1.79. The van der Waals surface area contributed by atoms with Crippen molar-refractivity contribution >= 4 is 16.9 Å². The number of aromatic amines is 1. The van der Waals surface area contributed by atoms with E-state index in [1.807, 2.05) is 23.9 Å². The first kappa shape index (κ1) is 16.9. The van der Waals surface area contributed by atoms with Crippen molar-refractivity contribution in [2.75, 3.05) is 25.6 Å². The van der Waals surface area contributed by atoms with Crippen molar-refractivity contribution in [2.45, 2.75) is 20.1 Å². The summed E-state index contributed by atoms with van der Waals surface area (Å²) in [6, 6.07) is 4.11. The lowest BCUT2D eigenvalue weighted by Gasteiger charge is -2.13. The van der Waals surface area contributed by atoms with Crippen LogP contribution in [0.5, 0.6) is 0 Å². The van der Waals surface area contributed by atoms with Crippen LogP contribution in [0, 0.1) is 13.8 Å². The first-order valence-corrected chi connectivity index (χ1v) is 8.47. The van der Waals surface area contributed by atoms with Gasteiger partial charge in [-0.2, -0.15) is 16.2 Å². The Morgan fingerprint density at radius 1 is 1.27 bits per heavy atom. The molecule has 138 valence electrons. The lowest BCUT2D eigenvalue weighted by molar-refractivity contribution is 0.210. The number of pyridine rings is 1. The molecule has 3 aromatic heterocycles. The van der Waals surface area contributed by atoms with Gasteiger partial charge in [0.05, 0.1) is 12.3 Å². The number of ether oxygens (including phenoxy) is 1. The minimum absolute atomic E-state index is 0.176. The summed E-state index contributed by atoms with van der Waals surface area (Å²) in [5.74, 6) is 0.805. The van der Waals surface area contributed by atoms with Crippen molar-refractivity contribution in [2.24, 2.45) is 0 Å². The minimum Gasteiger partial charge on any atom is -0.383 e. The molecule has 10 nitrogen and oxygen atoms in total. The molecule has 0 atom stereocenters. The van der Waals surface area contributed by atoms with E-state index >= 15 is 0 Å². The van der Waals surface area contributed by atoms with E-state index < -0.39 is 0 Å². The summed E-state index contributed by atoms with van der Waals surface area (Å²) in [6.07, 6.45) is 1.73. The summed E-state index contributed by atoms with van der Waals surface area (Å²) in [6.45, 7) is 5.40. The standard InChI is InChI=1S/C16H23N9O/c1-9-14(10(2)25(22-9)16-20-23-24-21-16)12-8-13(17-6-7-26-3)19-15-11(12)4-5-18-15/h4-5,8,16,20-21,23-24H,6-7H2,1-3H3,(H2,17,18,19). The molecule has 1 saturated heterocycles. The second kappa shape index (κ2) is 7.02. The van der Waals surface area contributed by atoms with Gasteiger partial charge in [-0.3, -0.25) is 0 Å². The second-order valence-electron chi connectivity index (χ2n) is 6.15. The molecule has 1 aliphatic heterocycles. The number of hydrogen-bond donors (Lipinski definition) is 6. The maximum Gasteiger partial charge on any atom is 0.182 e. The highest BCUT2D eigenvalue weighted by atomic mass is 16.5. The van der Waals surface area contributed by atoms with E-state index in [0.29, 0.717) is 13.2 Å². The van der Waals surface area contributed by atoms with Gasteiger partial charge in [-0.15, -0.1) is 0 Å². The van der Waals surface area contributed by atoms with E-state index in [1.165, 1.54) is 0 Å². The van der Waals surface area contributed by atoms with Crippen molar-refractivity contribution in [1.29, 1.82) is 0 Å². The van der Waals surface area contributed by atoms with Gasteiger partial charge in [0.15, 0.2) is 6.29 Å². The summed E-state index contributed by atoms with van der Waals surface area (Å²) in [4.78, 5) is 7.85. The first-order chi connectivity index (χ1) is 12.7. The molecule has 4 heterocycles. The van der Waals surface area contributed by atoms with Crippen molar-refractivity contribution in [3.8, 4) is 11.1 Å². The molecule has 26 heavy (non-hydrogen) atoms. The van der Waals surface area contributed by atoms with Crippen molar-refractivity contribution in [3.63, 3.8) is 0 Å². The number of H-pyrrole nitrogens is 1. The smallest absolute Gasteiger partial charge is 0.182 e. The predicted octanol–water partition coefficient (Wildman–Crippen LogP) is 0.675. The van der Waals surface area contributed by atoms with Crippen LogP contribution < -0.4 is 27.2 Å². The number of nitrogens with one attached hydrogen (secondary N) is 6. The quantitative estimate of drug-likeness (QED) is 0.357. The number of aryl methyl sites for hydroxylation is 1. The highest BCUT2D eigenvalue weighted by Crippen LogP contribution is 2.34. The third-order valence-electron chi connectivity index (χ3n) is 4.46. The summed E-state index contributed by atoms with van der Waals surface area (Å²) in [7, 11) is 1.69. The van der Waals surface area contributed by atoms with Gasteiger partial charge in [0.1, 0.15) is 11.5 Å². The fraction of sp³-hybridized carbons (Fsp3) is 0.375. The highest BCUT2D eigenvalue weighted by molar-refractivity contribution is 5.96. The number of aromatic nitrogens is 4. The SMILES string of the molecule is COCCNc1cc(-c2c(C)nn(C3NNNN3)c2C)c2cc[nH]c2n1. The Hall–Kier alpha value is -2.50. The van der Waals surface area contributed by atoms with Gasteiger partial charge in [0.25, 0.3) is 0 Å². The largest absolute Gasteiger partial charge is 0.383 e. The van der Waals surface area contributed by atoms with Crippen LogP contribution in [0.25, 0.3) is 22.2 Å². The molecular formula is C16H23N9O. The lowest BCUT2D eigenvalue weighted by Crippen LogP contribution is -2.33. The normalized spacial score (nSPS) is 15.2. The molecule has 10 heteroatoms. The van der Waals surface area contributed by atoms with Crippen LogP contribution in [-0.4, -0.2) is 40.0 Å². The average molecular weight is 357 g/mol. The molecule has 0 saturated carbocycles. The molecule has 0 bridgehead atoms. The Bertz CT molecular complexity index is 910. The molecule has 0 aliphatic carbocycles. The first-order valence-electron chi connectivity index (χ1n) is 8.47. The van der Waals surface area contributed by atoms with Gasteiger partial charge in [0.2, 0.25) is 0 Å². The van der Waals surface area contributed by atoms with E-state index in [1.54, 1.807) is 7.11 Å². The Kier molecular flexibility index (Phi) is 4.57. The van der Waals surface area contributed by atoms with Gasteiger partial charge in [-0.05, 0) is 31.5 Å². The molecule has 3 aromatic rings. The highest BCUT2D eigenvalue weighted by Gasteiger charge is 2.23. The number of anilines is 1. The Morgan fingerprint density at radius 3 is 2.85 bits per heavy atom. The van der Waals surface area contributed by atoms with Crippen LogP contribution in [0.15, 0.2) is 18.3 Å². The summed E-state index contributed by atoms with van der Waals surface area (Å²) >= 11 is 0. The molecule has 0 aromatic carbocycles. The van der Waals surface area contributed by atoms with Crippen LogP contribution >= 0.6 is 0 Å². The zero-order valence-corrected chi connectivity index (χ0v) is 15.0. The van der Waals surface area contributed by atoms with Crippen LogP contribution in [0.2, 0.25) is 0 Å². The molecule has 0 amide bonds. The number of hydrazine groups is 3. The maximum absolute atomic E-state index is 5.11. The van der Waals surface area contributed by atoms with E-state index in [-0.39, 0.29) is 6.29 Å². The summed E-state index contributed by atoms with van der Waals surface area (Å²) in [5, 5.41) is 9.08. The topological polar surface area (TPSA) is 116 Å². The van der Waals surface area contributed by atoms with Crippen LogP contribution in [0.4, 0.5) is 5.82 Å². The lowest BCUT2D eigenvalue weighted by atomic mass is 10.0. The predicted molar refractivity (Wildman–Crippen MR) is 98.7 cm³/mol. The third-order valence-corrected chi connectivity index (χ3v) is 4.46. The molecule has 4 rings (SSSR count). The number of fused-ring (bicyclic) bond motifs is 1. The number of methoxy groups -OCH3 is 1. The van der Waals surface area contributed by atoms with E-state index in [9.17, 15) is 0 Å². The summed E-state index contributed by atoms with van der Waals surface area (Å²) in [5.41, 5.74) is 16.8. The van der Waals surface area contributed by atoms with Crippen molar-refractivity contribution < 1.29 is 4.74 Å². The van der Waals surface area contributed by atoms with Gasteiger partial charge >= 0.3 is 0 Å². The van der Waals surface area contributed by atoms with Gasteiger partial charge in [0, 0.05) is 36.5 Å². The molecule has 0 spiro atoms. The third kappa shape index (κ3) is 2.93. The van der Waals surface area contributed by atoms with E-state index in [0.717, 1.165) is 39.4 Å². The van der Waals surface area contributed by atoms with Crippen molar-refractivity contribution in [1.82, 2.24) is 41.7 Å². The van der Waals surface area contributed by atoms with Crippen LogP contribution in [0.1, 0.15) is 17.7 Å². The second-order valence-corrected chi connectivity index (χ2v) is 6.15. The zero-order valence-electron chi connectivity index (χ0n) is 15.0. The van der Waals surface area contributed by atoms with E-state index in [4.69, 9.17) is 9.84 Å². The van der Waals surface area contributed by atoms with E-state index in [2.05, 4.69) is 50.2 Å². The fourth-order valence-electron chi connectivity index (χ4n) is 3.29. The van der Waals surface area contributed by atoms with Crippen molar-refractivity contribution in [3.05, 3.63) is 29.7 Å². The zero-order chi connectivity index (χ0) is 18.1. The fourth-order valence-corrected chi connectivity index (χ4v) is 3.29. The minimum atomic E-state index is -0.176. The maximum atomic E-state index is 5.11. The molecule has 0 radical (unpaired) electrons. The van der Waals surface area contributed by atoms with Gasteiger partial charge in [-0.25, -0.2) is 20.5 Å². The molecule has 0 unspecified atom stereocenters. The van der Waals surface area contributed by atoms with Crippen LogP contribution in [-0.2, 0) is 4.74 Å². The van der Waals surface area contributed by atoms with Gasteiger partial charge < -0.3 is 15.0 Å². The molecule has 1 fully saturated rings. The molecule has 1 aliphatic rings. The number of rotatable bonds is 6.